The van der Waals surface area contributed by atoms with Crippen LogP contribution >= 0.6 is 0 Å². The molecule has 0 aromatic heterocycles. The normalized spacial score (nSPS) is 8.75. The summed E-state index contributed by atoms with van der Waals surface area (Å²) < 4.78 is 0. The number of hydrogen-bond donors (Lipinski definition) is 0. The molecule has 0 amide bonds. The van der Waals surface area contributed by atoms with Gasteiger partial charge in [-0.05, 0) is 24.0 Å². The smallest absolute Gasteiger partial charge is 0.0183 e. The van der Waals surface area contributed by atoms with Crippen LogP contribution in [0.15, 0.2) is 73.9 Å². The average molecular weight is 206 g/mol. The lowest BCUT2D eigenvalue weighted by Crippen LogP contribution is -1.67. The lowest BCUT2D eigenvalue weighted by atomic mass is 10.2. The number of rotatable bonds is 4. The van der Waals surface area contributed by atoms with Crippen LogP contribution < -0.4 is 0 Å². The zero-order valence-corrected chi connectivity index (χ0v) is 9.29. The van der Waals surface area contributed by atoms with Crippen molar-refractivity contribution in [2.45, 2.75) is 0 Å². The van der Waals surface area contributed by atoms with E-state index < -0.39 is 0 Å². The first-order valence-corrected chi connectivity index (χ1v) is 4.68. The van der Waals surface area contributed by atoms with Crippen molar-refractivity contribution in [1.82, 2.24) is 0 Å². The molecule has 0 heterocycles. The zero-order valence-electron chi connectivity index (χ0n) is 9.29. The minimum atomic E-state index is 0.696. The van der Waals surface area contributed by atoms with E-state index in [2.05, 4.69) is 50.0 Å². The lowest BCUT2D eigenvalue weighted by molar-refractivity contribution is 1.81. The summed E-state index contributed by atoms with van der Waals surface area (Å²) in [5, 5.41) is 0. The highest BCUT2D eigenvalue weighted by atomic mass is 13.8. The second kappa shape index (κ2) is 9.13. The Kier molecular flexibility index (Phi) is 7.74. The van der Waals surface area contributed by atoms with Crippen LogP contribution in [0, 0.1) is 23.7 Å². The molecule has 16 heavy (non-hydrogen) atoms. The summed E-state index contributed by atoms with van der Waals surface area (Å²) in [4.78, 5) is 0. The third-order valence-corrected chi connectivity index (χ3v) is 1.38. The largest absolute Gasteiger partial charge is 0.0991 e. The maximum absolute atomic E-state index is 3.73. The maximum atomic E-state index is 3.73. The van der Waals surface area contributed by atoms with Crippen molar-refractivity contribution >= 4 is 0 Å². The number of allylic oxidation sites excluding steroid dienone is 8. The fourth-order valence-electron chi connectivity index (χ4n) is 0.675. The van der Waals surface area contributed by atoms with Gasteiger partial charge in [0, 0.05) is 11.1 Å². The topological polar surface area (TPSA) is 0 Å². The molecule has 0 saturated carbocycles. The van der Waals surface area contributed by atoms with Gasteiger partial charge in [-0.3, -0.25) is 0 Å². The van der Waals surface area contributed by atoms with Gasteiger partial charge in [0.2, 0.25) is 0 Å². The van der Waals surface area contributed by atoms with Gasteiger partial charge in [0.25, 0.3) is 0 Å². The predicted octanol–water partition coefficient (Wildman–Crippen LogP) is 3.59. The van der Waals surface area contributed by atoms with Crippen molar-refractivity contribution in [3.8, 4) is 23.7 Å². The Bertz CT molecular complexity index is 414. The molecular formula is C16H14. The van der Waals surface area contributed by atoms with Crippen molar-refractivity contribution < 1.29 is 0 Å². The average Bonchev–Trinajstić information content (AvgIpc) is 2.29. The van der Waals surface area contributed by atoms with E-state index >= 15 is 0 Å². The second-order valence-electron chi connectivity index (χ2n) is 2.74. The zero-order chi connectivity index (χ0) is 12.2. The summed E-state index contributed by atoms with van der Waals surface area (Å²) in [6.45, 7) is 14.6. The van der Waals surface area contributed by atoms with Gasteiger partial charge in [-0.2, -0.15) is 0 Å². The van der Waals surface area contributed by atoms with Gasteiger partial charge in [-0.15, -0.1) is 0 Å². The standard InChI is InChI=1S/C16H14/c1-5-7-11-15(3)13-9-10-14-16(4)12-8-6-2/h5-8,11-12H,1-4H2/b11-7-,12-8-. The number of hydrogen-bond acceptors (Lipinski definition) is 0. The maximum Gasteiger partial charge on any atom is 0.0183 e. The van der Waals surface area contributed by atoms with Gasteiger partial charge in [-0.1, -0.05) is 62.5 Å². The van der Waals surface area contributed by atoms with Gasteiger partial charge in [0.1, 0.15) is 0 Å². The Morgan fingerprint density at radius 3 is 1.44 bits per heavy atom. The van der Waals surface area contributed by atoms with Crippen molar-refractivity contribution in [2.24, 2.45) is 0 Å². The van der Waals surface area contributed by atoms with E-state index in [4.69, 9.17) is 0 Å². The summed E-state index contributed by atoms with van der Waals surface area (Å²) in [5.41, 5.74) is 1.39. The molecule has 0 rings (SSSR count). The molecule has 0 bridgehead atoms. The first-order chi connectivity index (χ1) is 7.70. The highest BCUT2D eigenvalue weighted by molar-refractivity contribution is 5.46. The van der Waals surface area contributed by atoms with E-state index in [1.54, 1.807) is 36.5 Å². The van der Waals surface area contributed by atoms with Gasteiger partial charge >= 0.3 is 0 Å². The molecule has 0 nitrogen and oxygen atoms in total. The third-order valence-electron chi connectivity index (χ3n) is 1.38. The fraction of sp³-hybridized carbons (Fsp3) is 0. The molecule has 0 aromatic carbocycles. The Morgan fingerprint density at radius 1 is 0.750 bits per heavy atom. The van der Waals surface area contributed by atoms with Crippen molar-refractivity contribution in [2.75, 3.05) is 0 Å². The van der Waals surface area contributed by atoms with Crippen LogP contribution in [0.25, 0.3) is 0 Å². The van der Waals surface area contributed by atoms with E-state index in [1.165, 1.54) is 0 Å². The van der Waals surface area contributed by atoms with Crippen LogP contribution in [0.5, 0.6) is 0 Å². The van der Waals surface area contributed by atoms with Gasteiger partial charge < -0.3 is 0 Å². The quantitative estimate of drug-likeness (QED) is 0.487. The minimum Gasteiger partial charge on any atom is -0.0991 e. The minimum absolute atomic E-state index is 0.696. The van der Waals surface area contributed by atoms with E-state index in [-0.39, 0.29) is 0 Å². The molecule has 0 N–H and O–H groups in total. The monoisotopic (exact) mass is 206 g/mol. The van der Waals surface area contributed by atoms with Crippen molar-refractivity contribution in [1.29, 1.82) is 0 Å². The molecule has 0 aliphatic rings. The summed E-state index contributed by atoms with van der Waals surface area (Å²) >= 11 is 0. The summed E-state index contributed by atoms with van der Waals surface area (Å²) in [7, 11) is 0. The highest BCUT2D eigenvalue weighted by Crippen LogP contribution is 1.90. The molecule has 0 spiro atoms. The molecule has 0 fully saturated rings. The van der Waals surface area contributed by atoms with Gasteiger partial charge in [0.05, 0.1) is 0 Å². The Balaban J connectivity index is 4.34. The molecule has 78 valence electrons. The van der Waals surface area contributed by atoms with Crippen LogP contribution in [-0.4, -0.2) is 0 Å². The van der Waals surface area contributed by atoms with Gasteiger partial charge in [-0.25, -0.2) is 0 Å². The van der Waals surface area contributed by atoms with Crippen LogP contribution in [0.1, 0.15) is 0 Å². The first kappa shape index (κ1) is 13.6. The van der Waals surface area contributed by atoms with Crippen LogP contribution in [0.2, 0.25) is 0 Å². The van der Waals surface area contributed by atoms with Crippen molar-refractivity contribution in [3.63, 3.8) is 0 Å². The molecule has 0 atom stereocenters. The van der Waals surface area contributed by atoms with E-state index in [1.807, 2.05) is 0 Å². The van der Waals surface area contributed by atoms with E-state index in [9.17, 15) is 0 Å². The Morgan fingerprint density at radius 2 is 1.12 bits per heavy atom. The van der Waals surface area contributed by atoms with Gasteiger partial charge in [0.15, 0.2) is 0 Å². The first-order valence-electron chi connectivity index (χ1n) is 4.68. The fourth-order valence-corrected chi connectivity index (χ4v) is 0.675. The summed E-state index contributed by atoms with van der Waals surface area (Å²) in [6, 6.07) is 0. The van der Waals surface area contributed by atoms with Crippen LogP contribution in [-0.2, 0) is 0 Å². The molecule has 0 unspecified atom stereocenters. The van der Waals surface area contributed by atoms with E-state index in [0.29, 0.717) is 11.1 Å². The Hall–Kier alpha value is -2.44. The molecule has 0 radical (unpaired) electrons. The van der Waals surface area contributed by atoms with Crippen LogP contribution in [0.3, 0.4) is 0 Å². The molecule has 0 aromatic rings. The molecule has 0 saturated heterocycles. The summed E-state index contributed by atoms with van der Waals surface area (Å²) in [6.07, 6.45) is 10.4. The molecule has 0 aliphatic heterocycles. The van der Waals surface area contributed by atoms with Crippen LogP contribution in [0.4, 0.5) is 0 Å². The Labute approximate surface area is 98.1 Å². The van der Waals surface area contributed by atoms with E-state index in [0.717, 1.165) is 0 Å². The van der Waals surface area contributed by atoms with Crippen molar-refractivity contribution in [3.05, 3.63) is 73.9 Å². The molecular weight excluding hydrogens is 192 g/mol. The highest BCUT2D eigenvalue weighted by Gasteiger charge is 1.76. The SMILES string of the molecule is C=C/C=C\C(=C)C#CC#CC(=C)/C=C\C=C. The predicted molar refractivity (Wildman–Crippen MR) is 72.5 cm³/mol. The third kappa shape index (κ3) is 8.17. The molecule has 0 aliphatic carbocycles. The second-order valence-corrected chi connectivity index (χ2v) is 2.74. The lowest BCUT2D eigenvalue weighted by Gasteiger charge is -1.80. The summed E-state index contributed by atoms with van der Waals surface area (Å²) in [5.74, 6) is 11.0. The molecule has 0 heteroatoms.